The minimum atomic E-state index is -2.05. The number of hydrogen-bond donors (Lipinski definition) is 4. The lowest BCUT2D eigenvalue weighted by molar-refractivity contribution is -0.159. The van der Waals surface area contributed by atoms with Gasteiger partial charge >= 0.3 is 12.1 Å². The van der Waals surface area contributed by atoms with Crippen LogP contribution in [0.5, 0.6) is 0 Å². The lowest BCUT2D eigenvalue weighted by atomic mass is 9.92. The van der Waals surface area contributed by atoms with Gasteiger partial charge in [0.05, 0.1) is 26.0 Å². The second kappa shape index (κ2) is 12.4. The van der Waals surface area contributed by atoms with Crippen molar-refractivity contribution in [3.05, 3.63) is 83.7 Å². The molecular weight excluding hydrogens is 480 g/mol. The maximum Gasteiger partial charge on any atom is 0.408 e. The third-order valence-electron chi connectivity index (χ3n) is 5.84. The molecule has 3 rings (SSSR count). The number of hydrogen-bond acceptors (Lipinski definition) is 9. The van der Waals surface area contributed by atoms with Crippen molar-refractivity contribution >= 4 is 12.1 Å². The van der Waals surface area contributed by atoms with E-state index in [9.17, 15) is 24.9 Å². The molecule has 0 saturated heterocycles. The molecule has 11 heteroatoms. The molecule has 0 saturated carbocycles. The molecule has 1 amide bonds. The van der Waals surface area contributed by atoms with Crippen molar-refractivity contribution in [3.8, 4) is 0 Å². The number of carbonyl (C=O) groups excluding carboxylic acids is 2. The first-order chi connectivity index (χ1) is 17.7. The topological polar surface area (TPSA) is 156 Å². The Labute approximate surface area is 214 Å². The molecule has 0 bridgehead atoms. The van der Waals surface area contributed by atoms with E-state index in [1.807, 2.05) is 36.4 Å². The Balaban J connectivity index is 1.78. The van der Waals surface area contributed by atoms with Crippen molar-refractivity contribution in [3.63, 3.8) is 0 Å². The molecular formula is C26H32N4O7. The predicted molar refractivity (Wildman–Crippen MR) is 132 cm³/mol. The van der Waals surface area contributed by atoms with Gasteiger partial charge in [-0.15, -0.1) is 5.10 Å². The van der Waals surface area contributed by atoms with Crippen LogP contribution in [0, 0.1) is 5.41 Å². The lowest BCUT2D eigenvalue weighted by Crippen LogP contribution is -2.55. The van der Waals surface area contributed by atoms with Gasteiger partial charge in [0.1, 0.15) is 24.5 Å². The molecule has 0 spiro atoms. The van der Waals surface area contributed by atoms with Crippen molar-refractivity contribution in [2.75, 3.05) is 19.8 Å². The first kappa shape index (κ1) is 27.8. The summed E-state index contributed by atoms with van der Waals surface area (Å²) >= 11 is 0. The number of aliphatic hydroxyl groups is 3. The van der Waals surface area contributed by atoms with Crippen LogP contribution in [0.3, 0.4) is 0 Å². The number of rotatable bonds is 12. The van der Waals surface area contributed by atoms with Crippen LogP contribution in [0.15, 0.2) is 66.9 Å². The number of benzene rings is 2. The van der Waals surface area contributed by atoms with Gasteiger partial charge in [0, 0.05) is 5.41 Å². The molecule has 2 aromatic carbocycles. The van der Waals surface area contributed by atoms with Gasteiger partial charge in [0.15, 0.2) is 6.04 Å². The van der Waals surface area contributed by atoms with Gasteiger partial charge in [-0.25, -0.2) is 14.3 Å². The monoisotopic (exact) mass is 512 g/mol. The molecule has 0 aliphatic heterocycles. The number of nitrogens with one attached hydrogen (secondary N) is 1. The highest BCUT2D eigenvalue weighted by Crippen LogP contribution is 2.25. The average Bonchev–Trinajstić information content (AvgIpc) is 3.39. The maximum absolute atomic E-state index is 13.1. The zero-order valence-electron chi connectivity index (χ0n) is 20.8. The van der Waals surface area contributed by atoms with Crippen molar-refractivity contribution in [2.45, 2.75) is 38.6 Å². The zero-order valence-corrected chi connectivity index (χ0v) is 20.8. The first-order valence-electron chi connectivity index (χ1n) is 11.7. The second-order valence-corrected chi connectivity index (χ2v) is 9.31. The van der Waals surface area contributed by atoms with Gasteiger partial charge in [-0.05, 0) is 18.1 Å². The fourth-order valence-electron chi connectivity index (χ4n) is 3.31. The van der Waals surface area contributed by atoms with Gasteiger partial charge in [0.25, 0.3) is 0 Å². The minimum absolute atomic E-state index is 0.0146. The average molecular weight is 513 g/mol. The summed E-state index contributed by atoms with van der Waals surface area (Å²) in [6.07, 6.45) is 0.505. The van der Waals surface area contributed by atoms with Crippen LogP contribution in [0.4, 0.5) is 4.79 Å². The Bertz CT molecular complexity index is 1150. The van der Waals surface area contributed by atoms with Crippen LogP contribution >= 0.6 is 0 Å². The molecule has 0 unspecified atom stereocenters. The van der Waals surface area contributed by atoms with Crippen LogP contribution in [0.25, 0.3) is 0 Å². The van der Waals surface area contributed by atoms with Crippen molar-refractivity contribution < 1.29 is 34.4 Å². The van der Waals surface area contributed by atoms with Gasteiger partial charge in [0.2, 0.25) is 0 Å². The van der Waals surface area contributed by atoms with Crippen molar-refractivity contribution in [2.24, 2.45) is 5.41 Å². The van der Waals surface area contributed by atoms with Crippen LogP contribution in [0.1, 0.15) is 30.7 Å². The summed E-state index contributed by atoms with van der Waals surface area (Å²) in [5, 5.41) is 40.8. The third-order valence-corrected chi connectivity index (χ3v) is 5.84. The number of aromatic nitrogens is 3. The summed E-state index contributed by atoms with van der Waals surface area (Å²) in [5.41, 5.74) is -1.47. The van der Waals surface area contributed by atoms with E-state index in [0.717, 1.165) is 11.1 Å². The predicted octanol–water partition coefficient (Wildman–Crippen LogP) is 1.36. The molecule has 0 fully saturated rings. The number of nitrogens with zero attached hydrogens (tertiary/aromatic N) is 3. The Morgan fingerprint density at radius 1 is 0.973 bits per heavy atom. The maximum atomic E-state index is 13.1. The Kier molecular flexibility index (Phi) is 9.34. The molecule has 1 heterocycles. The summed E-state index contributed by atoms with van der Waals surface area (Å²) in [4.78, 5) is 25.7. The van der Waals surface area contributed by atoms with Crippen LogP contribution in [0.2, 0.25) is 0 Å². The number of amides is 1. The Morgan fingerprint density at radius 2 is 1.57 bits per heavy atom. The molecule has 37 heavy (non-hydrogen) atoms. The minimum Gasteiger partial charge on any atom is -0.463 e. The van der Waals surface area contributed by atoms with E-state index in [1.165, 1.54) is 24.7 Å². The third kappa shape index (κ3) is 7.59. The summed E-state index contributed by atoms with van der Waals surface area (Å²) in [7, 11) is 0. The number of esters is 1. The summed E-state index contributed by atoms with van der Waals surface area (Å²) in [5.74, 6) is -1.01. The largest absolute Gasteiger partial charge is 0.463 e. The van der Waals surface area contributed by atoms with Crippen LogP contribution in [-0.2, 0) is 33.0 Å². The smallest absolute Gasteiger partial charge is 0.408 e. The second-order valence-electron chi connectivity index (χ2n) is 9.31. The number of aliphatic hydroxyl groups excluding tert-OH is 2. The summed E-state index contributed by atoms with van der Waals surface area (Å²) < 4.78 is 12.0. The van der Waals surface area contributed by atoms with Crippen LogP contribution < -0.4 is 5.32 Å². The highest BCUT2D eigenvalue weighted by atomic mass is 16.6. The molecule has 0 aliphatic carbocycles. The number of ether oxygens (including phenoxy) is 2. The molecule has 198 valence electrons. The molecule has 3 aromatic rings. The SMILES string of the molecule is CC(CO)(CO)COC(=O)[C@@H](NC(=O)OCc1ccccc1)[C@@](C)(O)c1cn(Cc2ccccc2)nn1. The van der Waals surface area contributed by atoms with E-state index >= 15 is 0 Å². The quantitative estimate of drug-likeness (QED) is 0.263. The molecule has 4 N–H and O–H groups in total. The van der Waals surface area contributed by atoms with Crippen molar-refractivity contribution in [1.82, 2.24) is 20.3 Å². The summed E-state index contributed by atoms with van der Waals surface area (Å²) in [6.45, 7) is 1.88. The molecule has 0 radical (unpaired) electrons. The highest BCUT2D eigenvalue weighted by molar-refractivity contribution is 5.82. The van der Waals surface area contributed by atoms with E-state index in [2.05, 4.69) is 15.6 Å². The lowest BCUT2D eigenvalue weighted by Gasteiger charge is -2.31. The number of alkyl carbamates (subject to hydrolysis) is 1. The van der Waals surface area contributed by atoms with Gasteiger partial charge in [-0.2, -0.15) is 0 Å². The summed E-state index contributed by atoms with van der Waals surface area (Å²) in [6, 6.07) is 16.8. The molecule has 0 aliphatic rings. The van der Waals surface area contributed by atoms with E-state index in [4.69, 9.17) is 9.47 Å². The zero-order chi connectivity index (χ0) is 26.9. The van der Waals surface area contributed by atoms with Gasteiger partial charge < -0.3 is 30.1 Å². The first-order valence-corrected chi connectivity index (χ1v) is 11.7. The molecule has 1 aromatic heterocycles. The van der Waals surface area contributed by atoms with Crippen LogP contribution in [-0.4, -0.2) is 68.2 Å². The Morgan fingerprint density at radius 3 is 2.16 bits per heavy atom. The van der Waals surface area contributed by atoms with E-state index in [-0.39, 0.29) is 18.9 Å². The van der Waals surface area contributed by atoms with Gasteiger partial charge in [-0.3, -0.25) is 0 Å². The molecule has 2 atom stereocenters. The Hall–Kier alpha value is -3.80. The molecule has 11 nitrogen and oxygen atoms in total. The van der Waals surface area contributed by atoms with E-state index in [0.29, 0.717) is 6.54 Å². The fourth-order valence-corrected chi connectivity index (χ4v) is 3.31. The highest BCUT2D eigenvalue weighted by Gasteiger charge is 2.44. The van der Waals surface area contributed by atoms with Crippen molar-refractivity contribution in [1.29, 1.82) is 0 Å². The van der Waals surface area contributed by atoms with E-state index < -0.39 is 42.3 Å². The number of carbonyl (C=O) groups is 2. The fraction of sp³-hybridized carbons (Fsp3) is 0.385. The van der Waals surface area contributed by atoms with E-state index in [1.54, 1.807) is 24.3 Å². The normalized spacial score (nSPS) is 13.9. The standard InChI is InChI=1S/C26H32N4O7/c1-25(16-31,17-32)18-37-23(33)22(27-24(34)36-15-20-11-7-4-8-12-20)26(2,35)21-14-30(29-28-21)13-19-9-5-3-6-10-19/h3-12,14,22,31-32,35H,13,15-18H2,1-2H3,(H,27,34)/t22-,26+/m1/s1. The van der Waals surface area contributed by atoms with Gasteiger partial charge in [-0.1, -0.05) is 72.8 Å².